The molecule has 0 amide bonds. The first-order valence-corrected chi connectivity index (χ1v) is 5.70. The van der Waals surface area contributed by atoms with Gasteiger partial charge in [-0.25, -0.2) is 4.39 Å². The predicted octanol–water partition coefficient (Wildman–Crippen LogP) is 2.24. The van der Waals surface area contributed by atoms with Crippen LogP contribution in [0.15, 0.2) is 24.3 Å². The highest BCUT2D eigenvalue weighted by molar-refractivity contribution is 5.16. The molecule has 0 aliphatic heterocycles. The number of rotatable bonds is 7. The maximum Gasteiger partial charge on any atom is 0.123 e. The Morgan fingerprint density at radius 2 is 2.25 bits per heavy atom. The lowest BCUT2D eigenvalue weighted by atomic mass is 10.00. The molecule has 0 fully saturated rings. The Labute approximate surface area is 96.8 Å². The van der Waals surface area contributed by atoms with Crippen LogP contribution in [0.2, 0.25) is 0 Å². The fraction of sp³-hybridized carbons (Fsp3) is 0.538. The highest BCUT2D eigenvalue weighted by Crippen LogP contribution is 2.10. The van der Waals surface area contributed by atoms with Crippen LogP contribution in [0.5, 0.6) is 0 Å². The van der Waals surface area contributed by atoms with Crippen LogP contribution in [0, 0.1) is 11.7 Å². The van der Waals surface area contributed by atoms with E-state index in [1.54, 1.807) is 19.2 Å². The second-order valence-corrected chi connectivity index (χ2v) is 3.96. The zero-order valence-electron chi connectivity index (χ0n) is 10.0. The SMILES string of the molecule is CCNCC(COC)Cc1cccc(F)c1. The van der Waals surface area contributed by atoms with Gasteiger partial charge in [0.15, 0.2) is 0 Å². The van der Waals surface area contributed by atoms with Gasteiger partial charge >= 0.3 is 0 Å². The van der Waals surface area contributed by atoms with Gasteiger partial charge in [0.25, 0.3) is 0 Å². The molecule has 0 aliphatic carbocycles. The summed E-state index contributed by atoms with van der Waals surface area (Å²) in [5, 5.41) is 3.29. The van der Waals surface area contributed by atoms with Crippen LogP contribution in [-0.4, -0.2) is 26.8 Å². The summed E-state index contributed by atoms with van der Waals surface area (Å²) in [5.41, 5.74) is 1.03. The number of benzene rings is 1. The van der Waals surface area contributed by atoms with Crippen molar-refractivity contribution >= 4 is 0 Å². The van der Waals surface area contributed by atoms with Gasteiger partial charge in [0.2, 0.25) is 0 Å². The van der Waals surface area contributed by atoms with Crippen LogP contribution in [0.25, 0.3) is 0 Å². The van der Waals surface area contributed by atoms with Crippen LogP contribution in [0.4, 0.5) is 4.39 Å². The third kappa shape index (κ3) is 4.73. The number of ether oxygens (including phenoxy) is 1. The van der Waals surface area contributed by atoms with E-state index < -0.39 is 0 Å². The van der Waals surface area contributed by atoms with Crippen LogP contribution in [0.3, 0.4) is 0 Å². The zero-order valence-corrected chi connectivity index (χ0v) is 10.0. The average molecular weight is 225 g/mol. The van der Waals surface area contributed by atoms with Gasteiger partial charge in [-0.05, 0) is 36.6 Å². The molecule has 1 rings (SSSR count). The Kier molecular flexibility index (Phi) is 6.04. The van der Waals surface area contributed by atoms with Crippen molar-refractivity contribution in [1.29, 1.82) is 0 Å². The third-order valence-electron chi connectivity index (χ3n) is 2.50. The van der Waals surface area contributed by atoms with E-state index in [4.69, 9.17) is 4.74 Å². The standard InChI is InChI=1S/C13H20FNO/c1-3-15-9-12(10-16-2)7-11-5-4-6-13(14)8-11/h4-6,8,12,15H,3,7,9-10H2,1-2H3. The van der Waals surface area contributed by atoms with Crippen molar-refractivity contribution in [3.8, 4) is 0 Å². The molecule has 0 saturated heterocycles. The molecular weight excluding hydrogens is 205 g/mol. The maximum absolute atomic E-state index is 13.0. The van der Waals surface area contributed by atoms with Gasteiger partial charge in [-0.15, -0.1) is 0 Å². The Hall–Kier alpha value is -0.930. The summed E-state index contributed by atoms with van der Waals surface area (Å²) in [7, 11) is 1.70. The van der Waals surface area contributed by atoms with Crippen molar-refractivity contribution in [2.45, 2.75) is 13.3 Å². The fourth-order valence-corrected chi connectivity index (χ4v) is 1.77. The average Bonchev–Trinajstić information content (AvgIpc) is 2.26. The molecule has 2 nitrogen and oxygen atoms in total. The summed E-state index contributed by atoms with van der Waals surface area (Å²) in [6.45, 7) is 4.62. The summed E-state index contributed by atoms with van der Waals surface area (Å²) in [4.78, 5) is 0. The van der Waals surface area contributed by atoms with E-state index in [-0.39, 0.29) is 5.82 Å². The molecule has 0 bridgehead atoms. The van der Waals surface area contributed by atoms with Gasteiger partial charge in [-0.1, -0.05) is 19.1 Å². The number of methoxy groups -OCH3 is 1. The molecule has 3 heteroatoms. The Morgan fingerprint density at radius 3 is 2.88 bits per heavy atom. The van der Waals surface area contributed by atoms with Crippen molar-refractivity contribution in [3.05, 3.63) is 35.6 Å². The molecule has 0 aliphatic rings. The van der Waals surface area contributed by atoms with Crippen molar-refractivity contribution in [3.63, 3.8) is 0 Å². The first-order valence-electron chi connectivity index (χ1n) is 5.70. The molecule has 0 radical (unpaired) electrons. The van der Waals surface area contributed by atoms with E-state index >= 15 is 0 Å². The normalized spacial score (nSPS) is 12.7. The first-order chi connectivity index (χ1) is 7.76. The molecule has 1 unspecified atom stereocenters. The zero-order chi connectivity index (χ0) is 11.8. The molecule has 16 heavy (non-hydrogen) atoms. The number of hydrogen-bond donors (Lipinski definition) is 1. The molecule has 1 aromatic rings. The Balaban J connectivity index is 2.52. The van der Waals surface area contributed by atoms with Crippen LogP contribution in [0.1, 0.15) is 12.5 Å². The summed E-state index contributed by atoms with van der Waals surface area (Å²) >= 11 is 0. The lowest BCUT2D eigenvalue weighted by molar-refractivity contribution is 0.151. The lowest BCUT2D eigenvalue weighted by Gasteiger charge is -2.16. The van der Waals surface area contributed by atoms with Crippen molar-refractivity contribution < 1.29 is 9.13 Å². The van der Waals surface area contributed by atoms with E-state index in [2.05, 4.69) is 12.2 Å². The molecule has 90 valence electrons. The molecule has 1 aromatic carbocycles. The topological polar surface area (TPSA) is 21.3 Å². The van der Waals surface area contributed by atoms with Gasteiger partial charge < -0.3 is 10.1 Å². The summed E-state index contributed by atoms with van der Waals surface area (Å²) in [6, 6.07) is 6.77. The van der Waals surface area contributed by atoms with Crippen LogP contribution >= 0.6 is 0 Å². The van der Waals surface area contributed by atoms with Gasteiger partial charge in [0, 0.05) is 13.7 Å². The monoisotopic (exact) mass is 225 g/mol. The van der Waals surface area contributed by atoms with Crippen LogP contribution in [-0.2, 0) is 11.2 Å². The van der Waals surface area contributed by atoms with Gasteiger partial charge in [-0.3, -0.25) is 0 Å². The lowest BCUT2D eigenvalue weighted by Crippen LogP contribution is -2.27. The maximum atomic E-state index is 13.0. The molecule has 0 heterocycles. The largest absolute Gasteiger partial charge is 0.384 e. The number of halogens is 1. The molecule has 0 saturated carbocycles. The summed E-state index contributed by atoms with van der Waals surface area (Å²) in [6.07, 6.45) is 0.846. The van der Waals surface area contributed by atoms with E-state index in [0.717, 1.165) is 25.1 Å². The molecular formula is C13H20FNO. The van der Waals surface area contributed by atoms with Crippen LogP contribution < -0.4 is 5.32 Å². The van der Waals surface area contributed by atoms with Crippen molar-refractivity contribution in [1.82, 2.24) is 5.32 Å². The highest BCUT2D eigenvalue weighted by atomic mass is 19.1. The second-order valence-electron chi connectivity index (χ2n) is 3.96. The van der Waals surface area contributed by atoms with Gasteiger partial charge in [0.05, 0.1) is 6.61 Å². The first kappa shape index (κ1) is 13.1. The van der Waals surface area contributed by atoms with Gasteiger partial charge in [-0.2, -0.15) is 0 Å². The summed E-state index contributed by atoms with van der Waals surface area (Å²) < 4.78 is 18.2. The number of hydrogen-bond acceptors (Lipinski definition) is 2. The summed E-state index contributed by atoms with van der Waals surface area (Å²) in [5.74, 6) is 0.226. The smallest absolute Gasteiger partial charge is 0.123 e. The fourth-order valence-electron chi connectivity index (χ4n) is 1.77. The van der Waals surface area contributed by atoms with Crippen molar-refractivity contribution in [2.75, 3.05) is 26.8 Å². The Bertz CT molecular complexity index is 304. The second kappa shape index (κ2) is 7.36. The Morgan fingerprint density at radius 1 is 1.44 bits per heavy atom. The third-order valence-corrected chi connectivity index (χ3v) is 2.50. The minimum atomic E-state index is -0.169. The molecule has 0 spiro atoms. The quantitative estimate of drug-likeness (QED) is 0.768. The number of nitrogens with one attached hydrogen (secondary N) is 1. The van der Waals surface area contributed by atoms with E-state index in [1.807, 2.05) is 6.07 Å². The van der Waals surface area contributed by atoms with E-state index in [1.165, 1.54) is 6.07 Å². The highest BCUT2D eigenvalue weighted by Gasteiger charge is 2.09. The molecule has 1 atom stereocenters. The minimum absolute atomic E-state index is 0.169. The molecule has 1 N–H and O–H groups in total. The van der Waals surface area contributed by atoms with Gasteiger partial charge in [0.1, 0.15) is 5.82 Å². The molecule has 0 aromatic heterocycles. The van der Waals surface area contributed by atoms with E-state index in [0.29, 0.717) is 12.5 Å². The minimum Gasteiger partial charge on any atom is -0.384 e. The van der Waals surface area contributed by atoms with Crippen molar-refractivity contribution in [2.24, 2.45) is 5.92 Å². The van der Waals surface area contributed by atoms with E-state index in [9.17, 15) is 4.39 Å². The predicted molar refractivity (Wildman–Crippen MR) is 64.0 cm³/mol.